The van der Waals surface area contributed by atoms with Crippen LogP contribution in [0.25, 0.3) is 0 Å². The molecule has 7 aromatic rings. The molecule has 16 rings (SSSR count). The lowest BCUT2D eigenvalue weighted by atomic mass is 9.78. The Morgan fingerprint density at radius 3 is 1.21 bits per heavy atom. The van der Waals surface area contributed by atoms with E-state index in [0.29, 0.717) is 112 Å². The van der Waals surface area contributed by atoms with Crippen molar-refractivity contribution in [2.75, 3.05) is 157 Å². The number of anilines is 5. The van der Waals surface area contributed by atoms with Gasteiger partial charge >= 0.3 is 30.3 Å². The molecule has 10 amide bonds. The number of nitrogens with zero attached hydrogens (tertiary/aromatic N) is 15. The average Bonchev–Trinajstić information content (AvgIpc) is 1.54. The molecule has 0 aliphatic carbocycles. The second-order valence-electron chi connectivity index (χ2n) is 40.3. The summed E-state index contributed by atoms with van der Waals surface area (Å²) in [5.41, 5.74) is 25.0. The van der Waals surface area contributed by atoms with E-state index in [1.165, 1.54) is 79.5 Å². The van der Waals surface area contributed by atoms with E-state index >= 15 is 0 Å². The normalized spacial score (nSPS) is 19.6. The molecule has 12 N–H and O–H groups in total. The number of hydrogen-bond acceptors (Lipinski definition) is 31. The predicted molar refractivity (Wildman–Crippen MR) is 527 cm³/mol. The average molecular weight is 2010 g/mol. The topological polar surface area (TPSA) is 565 Å². The van der Waals surface area contributed by atoms with Crippen molar-refractivity contribution < 1.29 is 82.7 Å². The number of piperidine rings is 6. The van der Waals surface area contributed by atoms with Crippen LogP contribution in [0, 0.1) is 26.4 Å². The fourth-order valence-electron chi connectivity index (χ4n) is 19.2. The maximum Gasteiger partial charge on any atom is 0.415 e. The number of aromatic nitrogens is 6. The van der Waals surface area contributed by atoms with Crippen molar-refractivity contribution in [3.8, 4) is 5.75 Å². The van der Waals surface area contributed by atoms with Gasteiger partial charge in [0.05, 0.1) is 49.6 Å². The lowest BCUT2D eigenvalue weighted by molar-refractivity contribution is -0.384. The van der Waals surface area contributed by atoms with E-state index < -0.39 is 69.5 Å². The summed E-state index contributed by atoms with van der Waals surface area (Å²) in [5.74, 6) is 0.230. The van der Waals surface area contributed by atoms with E-state index in [-0.39, 0.29) is 115 Å². The summed E-state index contributed by atoms with van der Waals surface area (Å²) in [4.78, 5) is 152. The first kappa shape index (κ1) is 106. The van der Waals surface area contributed by atoms with Crippen molar-refractivity contribution in [3.05, 3.63) is 165 Å². The third-order valence-corrected chi connectivity index (χ3v) is 30.5. The van der Waals surface area contributed by atoms with Gasteiger partial charge in [-0.2, -0.15) is 0 Å². The van der Waals surface area contributed by atoms with Crippen molar-refractivity contribution in [2.24, 2.45) is 39.2 Å². The fraction of sp³-hybridized carbons (Fsp3) is 0.542. The minimum absolute atomic E-state index is 0.00366. The zero-order valence-corrected chi connectivity index (χ0v) is 83.9. The number of likely N-dealkylation sites (tertiary alicyclic amines) is 5. The van der Waals surface area contributed by atoms with Gasteiger partial charge in [-0.05, 0) is 232 Å². The first-order valence-electron chi connectivity index (χ1n) is 47.7. The Balaban J connectivity index is 0.000000162. The number of nitrogens with two attached hydrogens (primary N) is 4. The van der Waals surface area contributed by atoms with Crippen LogP contribution in [0.3, 0.4) is 0 Å². The van der Waals surface area contributed by atoms with E-state index in [1.54, 1.807) is 57.3 Å². The Hall–Kier alpha value is -12.8. The summed E-state index contributed by atoms with van der Waals surface area (Å²) in [6, 6.07) is 24.3. The predicted octanol–water partition coefficient (Wildman–Crippen LogP) is 8.76. The number of nitro groups is 1. The van der Waals surface area contributed by atoms with Crippen LogP contribution in [0.2, 0.25) is 0 Å². The summed E-state index contributed by atoms with van der Waals surface area (Å²) in [7, 11) is -9.93. The molecule has 141 heavy (non-hydrogen) atoms. The standard InChI is InChI=1S/C32H45N7O6S.C27H37N7O4S.C20H27N3O6.C17H22N6O3S/c1-31(2,3)45-30(42)39-17-13-32(21-39)11-15-37(16-12-32)29(41)35-23-6-5-14-38(20-23)26-19-34-27(28(33)40)25(36-26)18-22-7-9-24(10-8-22)46(4,43)44;1-39(37,38)21-6-4-19(5-7-21)15-22-24(25(28)35)30-16-23(32-22)34-12-2-3-20(17-34)31-26(36)33-13-9-27(10-14-33)8-11-29-18-27;1-19(2,3)29-18(25)22-13-10-20(14-22)8-11-21(12-9-20)17(24)28-16-6-4-15(5-7-16)23(26)27;1-27(25,26)13-6-4-12(5-7-13)21-17-15(16(19)24)20-9-14(22-17)23-8-2-3-11(18)10-23/h7-10,19,23H,5-6,11-18,20-21H2,1-4H3,(H2,33,40)(H,35,41);4-7,16,20,29H,2-3,8-15,17-18H2,1H3,(H2,28,35)(H,31,36);4-7H,8-14H2,1-3H3;4-7,9,11H,2-3,8,10,18H2,1H3,(H2,19,24)(H,21,22). The van der Waals surface area contributed by atoms with Gasteiger partial charge in [0.1, 0.15) is 45.8 Å². The molecule has 3 spiro atoms. The van der Waals surface area contributed by atoms with Gasteiger partial charge in [0, 0.05) is 179 Å². The zero-order valence-electron chi connectivity index (χ0n) is 81.4. The van der Waals surface area contributed by atoms with Crippen molar-refractivity contribution >= 4 is 112 Å². The fourth-order valence-corrected chi connectivity index (χ4v) is 21.1. The molecule has 9 fully saturated rings. The van der Waals surface area contributed by atoms with Crippen LogP contribution in [-0.2, 0) is 51.8 Å². The summed E-state index contributed by atoms with van der Waals surface area (Å²) < 4.78 is 86.7. The lowest BCUT2D eigenvalue weighted by Crippen LogP contribution is -2.54. The molecule has 3 aromatic heterocycles. The van der Waals surface area contributed by atoms with Gasteiger partial charge in [-0.3, -0.25) is 24.5 Å². The Morgan fingerprint density at radius 2 is 0.830 bits per heavy atom. The Labute approximate surface area is 822 Å². The molecular formula is C96H131N23O19S3. The number of rotatable bonds is 19. The van der Waals surface area contributed by atoms with Crippen molar-refractivity contribution in [3.63, 3.8) is 0 Å². The van der Waals surface area contributed by atoms with E-state index in [0.717, 1.165) is 166 Å². The molecule has 45 heteroatoms. The van der Waals surface area contributed by atoms with Crippen LogP contribution in [0.5, 0.6) is 5.75 Å². The monoisotopic (exact) mass is 2010 g/mol. The number of primary amides is 3. The largest absolute Gasteiger partial charge is 0.444 e. The molecule has 9 saturated heterocycles. The molecule has 9 aliphatic rings. The van der Waals surface area contributed by atoms with E-state index in [4.69, 9.17) is 47.1 Å². The molecule has 42 nitrogen and oxygen atoms in total. The molecule has 4 aromatic carbocycles. The highest BCUT2D eigenvalue weighted by molar-refractivity contribution is 7.91. The highest BCUT2D eigenvalue weighted by Gasteiger charge is 2.47. The first-order chi connectivity index (χ1) is 66.5. The zero-order chi connectivity index (χ0) is 102. The highest BCUT2D eigenvalue weighted by Crippen LogP contribution is 2.44. The maximum atomic E-state index is 13.3. The molecule has 9 aliphatic heterocycles. The summed E-state index contributed by atoms with van der Waals surface area (Å²) in [6.45, 7) is 24.0. The van der Waals surface area contributed by atoms with E-state index in [1.807, 2.05) is 56.2 Å². The number of hydrogen-bond donors (Lipinski definition) is 8. The SMILES string of the molecule is CC(C)(C)OC(=O)N1CCC2(CCN(C(=O)NC3CCCN(c4cnc(C(N)=O)c(Cc5ccc(S(C)(=O)=O)cc5)n4)C3)CC2)C1.CC(C)(C)OC(=O)N1CCC2(CCN(C(=O)Oc3ccc([N+](=O)[O-])cc3)CC2)C1.CS(=O)(=O)c1ccc(Cc2nc(N3CCCC(NC(=O)N4CCC5(CCNC5)CC4)C3)cnc2C(N)=O)cc1.CS(=O)(=O)c1ccc(Nc2nc(N3CCCC(N)C3)cnc2C(N)=O)cc1. The first-order valence-corrected chi connectivity index (χ1v) is 53.3. The van der Waals surface area contributed by atoms with Crippen LogP contribution in [0.1, 0.15) is 192 Å². The molecule has 3 unspecified atom stereocenters. The van der Waals surface area contributed by atoms with Crippen molar-refractivity contribution in [2.45, 2.75) is 195 Å². The molecule has 0 bridgehead atoms. The number of ether oxygens (including phenoxy) is 3. The third-order valence-electron chi connectivity index (χ3n) is 27.1. The Bertz CT molecular complexity index is 6050. The lowest BCUT2D eigenvalue weighted by Gasteiger charge is -2.40. The van der Waals surface area contributed by atoms with E-state index in [9.17, 15) is 73.7 Å². The molecule has 3 atom stereocenters. The van der Waals surface area contributed by atoms with Crippen LogP contribution < -0.4 is 63.6 Å². The summed E-state index contributed by atoms with van der Waals surface area (Å²) >= 11 is 0. The smallest absolute Gasteiger partial charge is 0.415 e. The summed E-state index contributed by atoms with van der Waals surface area (Å²) in [6.07, 6.45) is 21.3. The van der Waals surface area contributed by atoms with Crippen LogP contribution in [0.15, 0.2) is 130 Å². The number of non-ortho nitro benzene ring substituents is 1. The minimum Gasteiger partial charge on any atom is -0.444 e. The number of nitro benzene ring substituents is 1. The summed E-state index contributed by atoms with van der Waals surface area (Å²) in [5, 5.41) is 23.6. The number of benzene rings is 4. The Morgan fingerprint density at radius 1 is 0.461 bits per heavy atom. The van der Waals surface area contributed by atoms with Gasteiger partial charge in [-0.25, -0.2) is 79.1 Å². The van der Waals surface area contributed by atoms with Gasteiger partial charge in [0.2, 0.25) is 0 Å². The molecule has 0 saturated carbocycles. The van der Waals surface area contributed by atoms with Crippen LogP contribution >= 0.6 is 0 Å². The van der Waals surface area contributed by atoms with E-state index in [2.05, 4.69) is 51.0 Å². The number of urea groups is 2. The van der Waals surface area contributed by atoms with Crippen LogP contribution in [0.4, 0.5) is 58.6 Å². The van der Waals surface area contributed by atoms with Crippen molar-refractivity contribution in [1.29, 1.82) is 0 Å². The van der Waals surface area contributed by atoms with Gasteiger partial charge in [-0.1, -0.05) is 24.3 Å². The number of carbonyl (C=O) groups excluding carboxylic acids is 8. The Kier molecular flexibility index (Phi) is 33.4. The number of sulfone groups is 3. The quantitative estimate of drug-likeness (QED) is 0.0277. The van der Waals surface area contributed by atoms with Crippen LogP contribution in [-0.4, -0.2) is 299 Å². The maximum absolute atomic E-state index is 13.3. The second-order valence-corrected chi connectivity index (χ2v) is 46.3. The number of nitrogens with one attached hydrogen (secondary N) is 4. The van der Waals surface area contributed by atoms with Gasteiger partial charge in [-0.15, -0.1) is 0 Å². The number of amides is 10. The minimum atomic E-state index is -3.33. The molecule has 762 valence electrons. The molecule has 0 radical (unpaired) electrons. The number of carbonyl (C=O) groups is 8. The molecular weight excluding hydrogens is 1880 g/mol. The van der Waals surface area contributed by atoms with Crippen molar-refractivity contribution in [1.82, 2.24) is 70.4 Å². The second kappa shape index (κ2) is 44.6. The highest BCUT2D eigenvalue weighted by atomic mass is 32.2. The third kappa shape index (κ3) is 28.8. The molecule has 12 heterocycles. The van der Waals surface area contributed by atoms with Gasteiger partial charge in [0.25, 0.3) is 23.4 Å². The van der Waals surface area contributed by atoms with Gasteiger partial charge in [0.15, 0.2) is 41.0 Å². The van der Waals surface area contributed by atoms with Gasteiger partial charge < -0.3 is 97.6 Å².